The SMILES string of the molecule is COC(=O)C(C)(C)CC(N)c1cc(C)ccc1C. The standard InChI is InChI=1S/C15H23NO2/c1-10-6-7-11(2)12(8-10)13(16)9-15(3,4)14(17)18-5/h6-8,13H,9,16H2,1-5H3. The van der Waals surface area contributed by atoms with E-state index >= 15 is 0 Å². The van der Waals surface area contributed by atoms with Gasteiger partial charge in [0.25, 0.3) is 0 Å². The Morgan fingerprint density at radius 3 is 2.56 bits per heavy atom. The second kappa shape index (κ2) is 5.53. The fraction of sp³-hybridized carbons (Fsp3) is 0.533. The Hall–Kier alpha value is -1.35. The Balaban J connectivity index is 2.91. The quantitative estimate of drug-likeness (QED) is 0.835. The maximum atomic E-state index is 11.7. The lowest BCUT2D eigenvalue weighted by atomic mass is 9.82. The highest BCUT2D eigenvalue weighted by Crippen LogP contribution is 2.31. The highest BCUT2D eigenvalue weighted by atomic mass is 16.5. The number of rotatable bonds is 4. The van der Waals surface area contributed by atoms with Gasteiger partial charge in [-0.05, 0) is 45.2 Å². The lowest BCUT2D eigenvalue weighted by Gasteiger charge is -2.26. The molecule has 1 unspecified atom stereocenters. The van der Waals surface area contributed by atoms with Crippen molar-refractivity contribution in [2.45, 2.75) is 40.2 Å². The van der Waals surface area contributed by atoms with Crippen molar-refractivity contribution in [3.8, 4) is 0 Å². The molecule has 0 amide bonds. The van der Waals surface area contributed by atoms with Gasteiger partial charge < -0.3 is 10.5 Å². The Bertz CT molecular complexity index is 438. The van der Waals surface area contributed by atoms with E-state index in [1.165, 1.54) is 12.7 Å². The Labute approximate surface area is 109 Å². The molecule has 1 aromatic carbocycles. The minimum Gasteiger partial charge on any atom is -0.469 e. The third-order valence-electron chi connectivity index (χ3n) is 3.30. The summed E-state index contributed by atoms with van der Waals surface area (Å²) in [7, 11) is 1.41. The van der Waals surface area contributed by atoms with Crippen molar-refractivity contribution >= 4 is 5.97 Å². The van der Waals surface area contributed by atoms with Crippen LogP contribution in [0.3, 0.4) is 0 Å². The number of hydrogen-bond acceptors (Lipinski definition) is 3. The normalized spacial score (nSPS) is 13.2. The van der Waals surface area contributed by atoms with E-state index in [2.05, 4.69) is 18.2 Å². The number of hydrogen-bond donors (Lipinski definition) is 1. The molecule has 18 heavy (non-hydrogen) atoms. The van der Waals surface area contributed by atoms with Gasteiger partial charge in [-0.25, -0.2) is 0 Å². The predicted molar refractivity (Wildman–Crippen MR) is 73.3 cm³/mol. The Morgan fingerprint density at radius 2 is 2.00 bits per heavy atom. The van der Waals surface area contributed by atoms with E-state index in [-0.39, 0.29) is 12.0 Å². The number of aryl methyl sites for hydroxylation is 2. The lowest BCUT2D eigenvalue weighted by molar-refractivity contribution is -0.151. The molecule has 100 valence electrons. The van der Waals surface area contributed by atoms with Crippen LogP contribution in [-0.2, 0) is 9.53 Å². The summed E-state index contributed by atoms with van der Waals surface area (Å²) < 4.78 is 4.81. The van der Waals surface area contributed by atoms with E-state index in [4.69, 9.17) is 10.5 Å². The van der Waals surface area contributed by atoms with Crippen LogP contribution in [0.1, 0.15) is 43.0 Å². The molecule has 0 aliphatic rings. The van der Waals surface area contributed by atoms with Crippen LogP contribution in [-0.4, -0.2) is 13.1 Å². The molecule has 0 fully saturated rings. The van der Waals surface area contributed by atoms with Crippen molar-refractivity contribution in [2.75, 3.05) is 7.11 Å². The van der Waals surface area contributed by atoms with Crippen LogP contribution in [0.25, 0.3) is 0 Å². The number of carbonyl (C=O) groups excluding carboxylic acids is 1. The summed E-state index contributed by atoms with van der Waals surface area (Å²) >= 11 is 0. The molecule has 1 rings (SSSR count). The second-order valence-corrected chi connectivity index (χ2v) is 5.55. The summed E-state index contributed by atoms with van der Waals surface area (Å²) in [6.07, 6.45) is 0.573. The van der Waals surface area contributed by atoms with Crippen LogP contribution < -0.4 is 5.73 Å². The van der Waals surface area contributed by atoms with Gasteiger partial charge in [0.2, 0.25) is 0 Å². The van der Waals surface area contributed by atoms with E-state index in [1.807, 2.05) is 27.7 Å². The van der Waals surface area contributed by atoms with Crippen molar-refractivity contribution in [2.24, 2.45) is 11.1 Å². The van der Waals surface area contributed by atoms with Gasteiger partial charge in [-0.15, -0.1) is 0 Å². The van der Waals surface area contributed by atoms with Crippen molar-refractivity contribution in [3.63, 3.8) is 0 Å². The van der Waals surface area contributed by atoms with Crippen LogP contribution >= 0.6 is 0 Å². The molecule has 2 N–H and O–H groups in total. The molecule has 0 radical (unpaired) electrons. The fourth-order valence-corrected chi connectivity index (χ4v) is 2.18. The average Bonchev–Trinajstić information content (AvgIpc) is 2.30. The first-order chi connectivity index (χ1) is 8.27. The lowest BCUT2D eigenvalue weighted by Crippen LogP contribution is -2.30. The third kappa shape index (κ3) is 3.33. The largest absolute Gasteiger partial charge is 0.469 e. The molecule has 0 spiro atoms. The van der Waals surface area contributed by atoms with Gasteiger partial charge in [0, 0.05) is 6.04 Å². The molecule has 0 saturated carbocycles. The van der Waals surface area contributed by atoms with Gasteiger partial charge in [0.15, 0.2) is 0 Å². The minimum absolute atomic E-state index is 0.154. The summed E-state index contributed by atoms with van der Waals surface area (Å²) in [5.74, 6) is -0.219. The van der Waals surface area contributed by atoms with Gasteiger partial charge >= 0.3 is 5.97 Å². The third-order valence-corrected chi connectivity index (χ3v) is 3.30. The van der Waals surface area contributed by atoms with Crippen LogP contribution in [0.5, 0.6) is 0 Å². The zero-order valence-electron chi connectivity index (χ0n) is 11.9. The first-order valence-corrected chi connectivity index (χ1v) is 6.19. The molecule has 0 heterocycles. The number of ether oxygens (including phenoxy) is 1. The van der Waals surface area contributed by atoms with E-state index in [0.717, 1.165) is 11.1 Å². The van der Waals surface area contributed by atoms with Gasteiger partial charge in [-0.2, -0.15) is 0 Å². The molecule has 0 bridgehead atoms. The molecule has 0 aromatic heterocycles. The van der Waals surface area contributed by atoms with E-state index in [0.29, 0.717) is 6.42 Å². The Kier molecular flexibility index (Phi) is 4.52. The highest BCUT2D eigenvalue weighted by molar-refractivity contribution is 5.75. The first-order valence-electron chi connectivity index (χ1n) is 6.19. The summed E-state index contributed by atoms with van der Waals surface area (Å²) in [4.78, 5) is 11.7. The smallest absolute Gasteiger partial charge is 0.311 e. The number of esters is 1. The van der Waals surface area contributed by atoms with E-state index in [9.17, 15) is 4.79 Å². The summed E-state index contributed by atoms with van der Waals surface area (Å²) in [5.41, 5.74) is 9.12. The first kappa shape index (κ1) is 14.7. The van der Waals surface area contributed by atoms with Crippen molar-refractivity contribution in [1.82, 2.24) is 0 Å². The summed E-state index contributed by atoms with van der Waals surface area (Å²) in [5, 5.41) is 0. The molecule has 0 aliphatic heterocycles. The average molecular weight is 249 g/mol. The number of nitrogens with two attached hydrogens (primary N) is 1. The minimum atomic E-state index is -0.565. The number of benzene rings is 1. The van der Waals surface area contributed by atoms with Crippen LogP contribution in [0, 0.1) is 19.3 Å². The van der Waals surface area contributed by atoms with Gasteiger partial charge in [-0.1, -0.05) is 23.8 Å². The fourth-order valence-electron chi connectivity index (χ4n) is 2.18. The van der Waals surface area contributed by atoms with Crippen LogP contribution in [0.15, 0.2) is 18.2 Å². The second-order valence-electron chi connectivity index (χ2n) is 5.55. The monoisotopic (exact) mass is 249 g/mol. The van der Waals surface area contributed by atoms with E-state index < -0.39 is 5.41 Å². The Morgan fingerprint density at radius 1 is 1.39 bits per heavy atom. The number of carbonyl (C=O) groups is 1. The molecule has 1 aromatic rings. The van der Waals surface area contributed by atoms with Gasteiger partial charge in [0.1, 0.15) is 0 Å². The predicted octanol–water partition coefficient (Wildman–Crippen LogP) is 2.89. The summed E-state index contributed by atoms with van der Waals surface area (Å²) in [6, 6.07) is 6.07. The van der Waals surface area contributed by atoms with Crippen LogP contribution in [0.2, 0.25) is 0 Å². The van der Waals surface area contributed by atoms with Gasteiger partial charge in [-0.3, -0.25) is 4.79 Å². The molecule has 1 atom stereocenters. The van der Waals surface area contributed by atoms with Crippen molar-refractivity contribution in [3.05, 3.63) is 34.9 Å². The zero-order valence-corrected chi connectivity index (χ0v) is 11.9. The maximum Gasteiger partial charge on any atom is 0.311 e. The highest BCUT2D eigenvalue weighted by Gasteiger charge is 2.31. The van der Waals surface area contributed by atoms with Crippen molar-refractivity contribution < 1.29 is 9.53 Å². The molecular weight excluding hydrogens is 226 g/mol. The van der Waals surface area contributed by atoms with Gasteiger partial charge in [0.05, 0.1) is 12.5 Å². The zero-order chi connectivity index (χ0) is 13.9. The van der Waals surface area contributed by atoms with E-state index in [1.54, 1.807) is 0 Å². The molecule has 3 nitrogen and oxygen atoms in total. The number of methoxy groups -OCH3 is 1. The topological polar surface area (TPSA) is 52.3 Å². The van der Waals surface area contributed by atoms with Crippen molar-refractivity contribution in [1.29, 1.82) is 0 Å². The molecule has 0 aliphatic carbocycles. The van der Waals surface area contributed by atoms with Crippen LogP contribution in [0.4, 0.5) is 0 Å². The molecule has 3 heteroatoms. The maximum absolute atomic E-state index is 11.7. The summed E-state index contributed by atoms with van der Waals surface area (Å²) in [6.45, 7) is 7.81. The molecule has 0 saturated heterocycles. The molecular formula is C15H23NO2.